The van der Waals surface area contributed by atoms with Crippen LogP contribution in [0.2, 0.25) is 0 Å². The summed E-state index contributed by atoms with van der Waals surface area (Å²) in [5.74, 6) is 7.81. The second kappa shape index (κ2) is 6.94. The van der Waals surface area contributed by atoms with Crippen LogP contribution in [0.5, 0.6) is 0 Å². The minimum atomic E-state index is -4.42. The summed E-state index contributed by atoms with van der Waals surface area (Å²) in [6, 6.07) is 3.47. The van der Waals surface area contributed by atoms with Gasteiger partial charge in [0.05, 0.1) is 5.56 Å². The lowest BCUT2D eigenvalue weighted by Crippen LogP contribution is -2.29. The molecule has 0 aliphatic rings. The van der Waals surface area contributed by atoms with Crippen LogP contribution in [-0.2, 0) is 6.18 Å². The Morgan fingerprint density at radius 3 is 2.63 bits per heavy atom. The molecular weight excluding hydrogens is 321 g/mol. The van der Waals surface area contributed by atoms with Crippen molar-refractivity contribution in [2.75, 3.05) is 0 Å². The van der Waals surface area contributed by atoms with Gasteiger partial charge in [0.25, 0.3) is 0 Å². The number of nitrogens with two attached hydrogens (primary N) is 1. The van der Waals surface area contributed by atoms with E-state index >= 15 is 0 Å². The van der Waals surface area contributed by atoms with Crippen LogP contribution < -0.4 is 11.3 Å². The van der Waals surface area contributed by atoms with Gasteiger partial charge < -0.3 is 0 Å². The summed E-state index contributed by atoms with van der Waals surface area (Å²) in [4.78, 5) is 0. The number of unbranched alkanes of at least 4 members (excludes halogenated alkanes) is 1. The summed E-state index contributed by atoms with van der Waals surface area (Å²) in [5, 5.41) is 0. The molecular formula is C13H14BrF3N2. The molecule has 0 aliphatic carbocycles. The SMILES string of the molecule is C#CCCCC(NN)c1ccc(Br)cc1C(F)(F)F. The summed E-state index contributed by atoms with van der Waals surface area (Å²) in [5.41, 5.74) is 1.87. The Hall–Kier alpha value is -1.03. The molecule has 0 aromatic heterocycles. The van der Waals surface area contributed by atoms with E-state index in [2.05, 4.69) is 27.3 Å². The maximum absolute atomic E-state index is 13.0. The Bertz CT molecular complexity index is 466. The molecule has 19 heavy (non-hydrogen) atoms. The van der Waals surface area contributed by atoms with Crippen molar-refractivity contribution >= 4 is 15.9 Å². The Morgan fingerprint density at radius 2 is 2.11 bits per heavy atom. The Labute approximate surface area is 118 Å². The number of hydrogen-bond acceptors (Lipinski definition) is 2. The van der Waals surface area contributed by atoms with E-state index in [-0.39, 0.29) is 5.56 Å². The zero-order valence-corrected chi connectivity index (χ0v) is 11.7. The first kappa shape index (κ1) is 16.0. The summed E-state index contributed by atoms with van der Waals surface area (Å²) in [6.07, 6.45) is 2.28. The maximum Gasteiger partial charge on any atom is 0.416 e. The van der Waals surface area contributed by atoms with Gasteiger partial charge in [0.15, 0.2) is 0 Å². The second-order valence-electron chi connectivity index (χ2n) is 4.04. The molecule has 1 rings (SSSR count). The molecule has 1 aromatic rings. The van der Waals surface area contributed by atoms with Crippen LogP contribution >= 0.6 is 15.9 Å². The average Bonchev–Trinajstić information content (AvgIpc) is 2.34. The lowest BCUT2D eigenvalue weighted by Gasteiger charge is -2.21. The highest BCUT2D eigenvalue weighted by molar-refractivity contribution is 9.10. The fourth-order valence-corrected chi connectivity index (χ4v) is 2.18. The van der Waals surface area contributed by atoms with Crippen molar-refractivity contribution in [2.45, 2.75) is 31.5 Å². The van der Waals surface area contributed by atoms with Crippen molar-refractivity contribution in [3.05, 3.63) is 33.8 Å². The smallest absolute Gasteiger partial charge is 0.271 e. The number of hydrazine groups is 1. The summed E-state index contributed by atoms with van der Waals surface area (Å²) in [7, 11) is 0. The number of hydrogen-bond donors (Lipinski definition) is 2. The van der Waals surface area contributed by atoms with Crippen LogP contribution in [-0.4, -0.2) is 0 Å². The predicted octanol–water partition coefficient (Wildman–Crippen LogP) is 3.78. The van der Waals surface area contributed by atoms with Crippen molar-refractivity contribution in [2.24, 2.45) is 5.84 Å². The van der Waals surface area contributed by atoms with Gasteiger partial charge in [-0.1, -0.05) is 22.0 Å². The van der Waals surface area contributed by atoms with Crippen molar-refractivity contribution in [3.63, 3.8) is 0 Å². The third-order valence-corrected chi connectivity index (χ3v) is 3.20. The molecule has 3 N–H and O–H groups in total. The zero-order valence-electron chi connectivity index (χ0n) is 10.1. The normalized spacial score (nSPS) is 13.1. The number of nitrogens with one attached hydrogen (secondary N) is 1. The van der Waals surface area contributed by atoms with Gasteiger partial charge in [0.2, 0.25) is 0 Å². The van der Waals surface area contributed by atoms with E-state index in [0.29, 0.717) is 23.7 Å². The fraction of sp³-hybridized carbons (Fsp3) is 0.385. The molecule has 6 heteroatoms. The minimum absolute atomic E-state index is 0.134. The molecule has 0 saturated carbocycles. The molecule has 0 aliphatic heterocycles. The quantitative estimate of drug-likeness (QED) is 0.372. The Kier molecular flexibility index (Phi) is 5.85. The summed E-state index contributed by atoms with van der Waals surface area (Å²) in [6.45, 7) is 0. The van der Waals surface area contributed by atoms with Crippen LogP contribution in [0.1, 0.15) is 36.4 Å². The van der Waals surface area contributed by atoms with E-state index in [1.54, 1.807) is 6.07 Å². The molecule has 1 aromatic carbocycles. The number of rotatable bonds is 5. The van der Waals surface area contributed by atoms with E-state index in [1.807, 2.05) is 0 Å². The van der Waals surface area contributed by atoms with Crippen molar-refractivity contribution in [1.29, 1.82) is 0 Å². The number of terminal acetylenes is 1. The van der Waals surface area contributed by atoms with Gasteiger partial charge in [-0.3, -0.25) is 11.3 Å². The van der Waals surface area contributed by atoms with Gasteiger partial charge in [0.1, 0.15) is 0 Å². The first-order chi connectivity index (χ1) is 8.90. The van der Waals surface area contributed by atoms with Crippen LogP contribution in [0.4, 0.5) is 13.2 Å². The molecule has 0 saturated heterocycles. The molecule has 104 valence electrons. The largest absolute Gasteiger partial charge is 0.416 e. The number of alkyl halides is 3. The highest BCUT2D eigenvalue weighted by Crippen LogP contribution is 2.37. The molecule has 1 unspecified atom stereocenters. The van der Waals surface area contributed by atoms with Gasteiger partial charge in [-0.25, -0.2) is 0 Å². The standard InChI is InChI=1S/C13H14BrF3N2/c1-2-3-4-5-12(19-18)10-7-6-9(14)8-11(10)13(15,16)17/h1,6-8,12,19H,3-5,18H2. The highest BCUT2D eigenvalue weighted by atomic mass is 79.9. The second-order valence-corrected chi connectivity index (χ2v) is 4.96. The van der Waals surface area contributed by atoms with Gasteiger partial charge in [-0.05, 0) is 30.5 Å². The van der Waals surface area contributed by atoms with Gasteiger partial charge in [-0.15, -0.1) is 12.3 Å². The molecule has 1 atom stereocenters. The third-order valence-electron chi connectivity index (χ3n) is 2.71. The molecule has 0 amide bonds. The highest BCUT2D eigenvalue weighted by Gasteiger charge is 2.35. The van der Waals surface area contributed by atoms with Gasteiger partial charge >= 0.3 is 6.18 Å². The lowest BCUT2D eigenvalue weighted by molar-refractivity contribution is -0.138. The van der Waals surface area contributed by atoms with Crippen molar-refractivity contribution < 1.29 is 13.2 Å². The minimum Gasteiger partial charge on any atom is -0.271 e. The maximum atomic E-state index is 13.0. The van der Waals surface area contributed by atoms with Crippen LogP contribution in [0.15, 0.2) is 22.7 Å². The van der Waals surface area contributed by atoms with Crippen LogP contribution in [0.25, 0.3) is 0 Å². The van der Waals surface area contributed by atoms with E-state index in [0.717, 1.165) is 6.07 Å². The van der Waals surface area contributed by atoms with E-state index in [9.17, 15) is 13.2 Å². The van der Waals surface area contributed by atoms with E-state index in [1.165, 1.54) is 6.07 Å². The molecule has 0 bridgehead atoms. The Balaban J connectivity index is 3.06. The average molecular weight is 335 g/mol. The van der Waals surface area contributed by atoms with Gasteiger partial charge in [0, 0.05) is 16.9 Å². The number of halogens is 4. The molecule has 0 spiro atoms. The topological polar surface area (TPSA) is 38.0 Å². The summed E-state index contributed by atoms with van der Waals surface area (Å²) < 4.78 is 39.4. The zero-order chi connectivity index (χ0) is 14.5. The fourth-order valence-electron chi connectivity index (χ4n) is 1.81. The van der Waals surface area contributed by atoms with Crippen molar-refractivity contribution in [3.8, 4) is 12.3 Å². The monoisotopic (exact) mass is 334 g/mol. The van der Waals surface area contributed by atoms with Gasteiger partial charge in [-0.2, -0.15) is 13.2 Å². The van der Waals surface area contributed by atoms with E-state index < -0.39 is 17.8 Å². The first-order valence-corrected chi connectivity index (χ1v) is 6.45. The molecule has 0 radical (unpaired) electrons. The third kappa shape index (κ3) is 4.53. The Morgan fingerprint density at radius 1 is 1.42 bits per heavy atom. The number of benzene rings is 1. The van der Waals surface area contributed by atoms with Crippen molar-refractivity contribution in [1.82, 2.24) is 5.43 Å². The first-order valence-electron chi connectivity index (χ1n) is 5.66. The molecule has 0 fully saturated rings. The van der Waals surface area contributed by atoms with E-state index in [4.69, 9.17) is 12.3 Å². The molecule has 0 heterocycles. The molecule has 2 nitrogen and oxygen atoms in total. The van der Waals surface area contributed by atoms with Crippen LogP contribution in [0, 0.1) is 12.3 Å². The predicted molar refractivity (Wildman–Crippen MR) is 71.9 cm³/mol. The van der Waals surface area contributed by atoms with Crippen LogP contribution in [0.3, 0.4) is 0 Å². The summed E-state index contributed by atoms with van der Waals surface area (Å²) >= 11 is 3.05. The lowest BCUT2D eigenvalue weighted by atomic mass is 9.96.